The summed E-state index contributed by atoms with van der Waals surface area (Å²) >= 11 is 0. The van der Waals surface area contributed by atoms with Crippen molar-refractivity contribution in [2.75, 3.05) is 26.7 Å². The molecule has 0 aliphatic carbocycles. The van der Waals surface area contributed by atoms with Gasteiger partial charge >= 0.3 is 0 Å². The van der Waals surface area contributed by atoms with Gasteiger partial charge in [0.2, 0.25) is 0 Å². The molecule has 2 unspecified atom stereocenters. The van der Waals surface area contributed by atoms with Crippen LogP contribution in [0.5, 0.6) is 0 Å². The second-order valence-corrected chi connectivity index (χ2v) is 3.62. The zero-order valence-electron chi connectivity index (χ0n) is 6.84. The fraction of sp³-hybridized carbons (Fsp3) is 0.875. The maximum atomic E-state index is 11.4. The lowest BCUT2D eigenvalue weighted by atomic mass is 9.92. The smallest absolute Gasteiger partial charge is 0.151 e. The number of Topliss-reactive ketones (excluding diaryl/α,β-unsaturated/α-hetero) is 1. The molecule has 3 nitrogen and oxygen atoms in total. The van der Waals surface area contributed by atoms with Crippen LogP contribution in [0.4, 0.5) is 0 Å². The van der Waals surface area contributed by atoms with E-state index in [2.05, 4.69) is 10.2 Å². The summed E-state index contributed by atoms with van der Waals surface area (Å²) in [4.78, 5) is 13.5. The van der Waals surface area contributed by atoms with Crippen molar-refractivity contribution in [3.05, 3.63) is 0 Å². The first kappa shape index (κ1) is 7.25. The molecule has 1 N–H and O–H groups in total. The first-order valence-corrected chi connectivity index (χ1v) is 4.22. The molecule has 2 atom stereocenters. The van der Waals surface area contributed by atoms with Crippen LogP contribution in [-0.2, 0) is 4.79 Å². The lowest BCUT2D eigenvalue weighted by Gasteiger charge is -2.30. The average molecular weight is 154 g/mol. The van der Waals surface area contributed by atoms with Crippen LogP contribution in [-0.4, -0.2) is 43.4 Å². The minimum atomic E-state index is 0.325. The Kier molecular flexibility index (Phi) is 1.69. The van der Waals surface area contributed by atoms with Crippen LogP contribution in [0, 0.1) is 5.92 Å². The standard InChI is InChI=1S/C8H14N2O/c1-10-4-7-6(2-3-9-7)8(11)5-10/h6-7,9H,2-5H2,1H3. The summed E-state index contributed by atoms with van der Waals surface area (Å²) < 4.78 is 0. The number of carbonyl (C=O) groups excluding carboxylic acids is 1. The molecule has 0 bridgehead atoms. The van der Waals surface area contributed by atoms with E-state index < -0.39 is 0 Å². The van der Waals surface area contributed by atoms with Crippen molar-refractivity contribution >= 4 is 5.78 Å². The highest BCUT2D eigenvalue weighted by atomic mass is 16.1. The van der Waals surface area contributed by atoms with E-state index in [1.807, 2.05) is 7.05 Å². The molecule has 2 rings (SSSR count). The van der Waals surface area contributed by atoms with Gasteiger partial charge in [0.25, 0.3) is 0 Å². The van der Waals surface area contributed by atoms with Crippen LogP contribution in [0.2, 0.25) is 0 Å². The van der Waals surface area contributed by atoms with Gasteiger partial charge in [0, 0.05) is 18.5 Å². The van der Waals surface area contributed by atoms with E-state index in [1.54, 1.807) is 0 Å². The molecule has 0 saturated carbocycles. The van der Waals surface area contributed by atoms with Crippen molar-refractivity contribution < 1.29 is 4.79 Å². The van der Waals surface area contributed by atoms with E-state index in [1.165, 1.54) is 0 Å². The molecule has 0 aromatic carbocycles. The minimum absolute atomic E-state index is 0.325. The van der Waals surface area contributed by atoms with E-state index in [0.29, 0.717) is 24.3 Å². The topological polar surface area (TPSA) is 32.3 Å². The fourth-order valence-corrected chi connectivity index (χ4v) is 2.13. The van der Waals surface area contributed by atoms with E-state index >= 15 is 0 Å². The Balaban J connectivity index is 2.10. The van der Waals surface area contributed by atoms with Gasteiger partial charge in [-0.3, -0.25) is 9.69 Å². The van der Waals surface area contributed by atoms with Gasteiger partial charge in [0.05, 0.1) is 6.54 Å². The van der Waals surface area contributed by atoms with Crippen LogP contribution >= 0.6 is 0 Å². The van der Waals surface area contributed by atoms with Crippen molar-refractivity contribution in [1.82, 2.24) is 10.2 Å². The first-order chi connectivity index (χ1) is 5.27. The molecule has 0 aromatic heterocycles. The van der Waals surface area contributed by atoms with Gasteiger partial charge in [0.1, 0.15) is 0 Å². The molecular formula is C8H14N2O. The van der Waals surface area contributed by atoms with Gasteiger partial charge in [-0.1, -0.05) is 0 Å². The van der Waals surface area contributed by atoms with Crippen molar-refractivity contribution in [3.63, 3.8) is 0 Å². The summed E-state index contributed by atoms with van der Waals surface area (Å²) in [6.45, 7) is 2.72. The molecule has 2 aliphatic rings. The zero-order chi connectivity index (χ0) is 7.84. The Bertz CT molecular complexity index is 181. The second-order valence-electron chi connectivity index (χ2n) is 3.62. The SMILES string of the molecule is CN1CC(=O)C2CCNC2C1. The van der Waals surface area contributed by atoms with E-state index in [0.717, 1.165) is 19.5 Å². The molecular weight excluding hydrogens is 140 g/mol. The summed E-state index contributed by atoms with van der Waals surface area (Å²) in [6.07, 6.45) is 1.05. The fourth-order valence-electron chi connectivity index (χ4n) is 2.13. The maximum absolute atomic E-state index is 11.4. The number of ketones is 1. The number of likely N-dealkylation sites (tertiary alicyclic amines) is 1. The summed E-state index contributed by atoms with van der Waals surface area (Å²) in [5, 5.41) is 3.36. The molecule has 3 heteroatoms. The Labute approximate surface area is 66.8 Å². The van der Waals surface area contributed by atoms with Crippen molar-refractivity contribution in [3.8, 4) is 0 Å². The number of hydrogen-bond donors (Lipinski definition) is 1. The third-order valence-electron chi connectivity index (χ3n) is 2.70. The number of nitrogens with one attached hydrogen (secondary N) is 1. The maximum Gasteiger partial charge on any atom is 0.151 e. The third kappa shape index (κ3) is 1.19. The third-order valence-corrected chi connectivity index (χ3v) is 2.70. The number of carbonyl (C=O) groups is 1. The van der Waals surface area contributed by atoms with Crippen LogP contribution in [0.1, 0.15) is 6.42 Å². The lowest BCUT2D eigenvalue weighted by molar-refractivity contribution is -0.126. The van der Waals surface area contributed by atoms with Crippen molar-refractivity contribution in [2.45, 2.75) is 12.5 Å². The highest BCUT2D eigenvalue weighted by Gasteiger charge is 2.36. The van der Waals surface area contributed by atoms with E-state index in [9.17, 15) is 4.79 Å². The van der Waals surface area contributed by atoms with Crippen molar-refractivity contribution in [1.29, 1.82) is 0 Å². The average Bonchev–Trinajstić information content (AvgIpc) is 2.34. The van der Waals surface area contributed by atoms with Gasteiger partial charge < -0.3 is 5.32 Å². The molecule has 2 fully saturated rings. The van der Waals surface area contributed by atoms with Crippen LogP contribution in [0.25, 0.3) is 0 Å². The monoisotopic (exact) mass is 154 g/mol. The Hall–Kier alpha value is -0.410. The number of likely N-dealkylation sites (N-methyl/N-ethyl adjacent to an activating group) is 1. The van der Waals surface area contributed by atoms with Gasteiger partial charge in [0.15, 0.2) is 5.78 Å². The molecule has 2 aliphatic heterocycles. The Morgan fingerprint density at radius 2 is 2.45 bits per heavy atom. The van der Waals surface area contributed by atoms with E-state index in [-0.39, 0.29) is 0 Å². The van der Waals surface area contributed by atoms with Crippen LogP contribution < -0.4 is 5.32 Å². The van der Waals surface area contributed by atoms with Gasteiger partial charge in [-0.05, 0) is 20.0 Å². The second kappa shape index (κ2) is 2.57. The van der Waals surface area contributed by atoms with Crippen LogP contribution in [0.15, 0.2) is 0 Å². The summed E-state index contributed by atoms with van der Waals surface area (Å²) in [7, 11) is 2.01. The number of hydrogen-bond acceptors (Lipinski definition) is 3. The predicted molar refractivity (Wildman–Crippen MR) is 42.4 cm³/mol. The molecule has 0 radical (unpaired) electrons. The zero-order valence-corrected chi connectivity index (χ0v) is 6.84. The number of piperidine rings is 1. The predicted octanol–water partition coefficient (Wildman–Crippen LogP) is -0.521. The molecule has 62 valence electrons. The lowest BCUT2D eigenvalue weighted by Crippen LogP contribution is -2.49. The first-order valence-electron chi connectivity index (χ1n) is 4.22. The summed E-state index contributed by atoms with van der Waals surface area (Å²) in [5.41, 5.74) is 0. The molecule has 11 heavy (non-hydrogen) atoms. The highest BCUT2D eigenvalue weighted by molar-refractivity contribution is 5.84. The summed E-state index contributed by atoms with van der Waals surface area (Å²) in [6, 6.07) is 0.446. The highest BCUT2D eigenvalue weighted by Crippen LogP contribution is 2.21. The van der Waals surface area contributed by atoms with Gasteiger partial charge in [-0.15, -0.1) is 0 Å². The summed E-state index contributed by atoms with van der Waals surface area (Å²) in [5.74, 6) is 0.750. The quantitative estimate of drug-likeness (QED) is 0.509. The normalized spacial score (nSPS) is 39.2. The minimum Gasteiger partial charge on any atom is -0.312 e. The van der Waals surface area contributed by atoms with Crippen molar-refractivity contribution in [2.24, 2.45) is 5.92 Å². The van der Waals surface area contributed by atoms with Gasteiger partial charge in [-0.25, -0.2) is 0 Å². The Morgan fingerprint density at radius 3 is 3.27 bits per heavy atom. The molecule has 0 aromatic rings. The molecule has 0 amide bonds. The molecule has 2 heterocycles. The largest absolute Gasteiger partial charge is 0.312 e. The van der Waals surface area contributed by atoms with E-state index in [4.69, 9.17) is 0 Å². The molecule has 0 spiro atoms. The van der Waals surface area contributed by atoms with Gasteiger partial charge in [-0.2, -0.15) is 0 Å². The number of nitrogens with zero attached hydrogens (tertiary/aromatic N) is 1. The Morgan fingerprint density at radius 1 is 1.64 bits per heavy atom. The van der Waals surface area contributed by atoms with Crippen LogP contribution in [0.3, 0.4) is 0 Å². The molecule has 2 saturated heterocycles. The number of fused-ring (bicyclic) bond motifs is 1. The number of rotatable bonds is 0.